The number of nitrogens with one attached hydrogen (secondary N) is 1. The number of carbonyl (C=O) groups is 1. The predicted molar refractivity (Wildman–Crippen MR) is 134 cm³/mol. The summed E-state index contributed by atoms with van der Waals surface area (Å²) < 4.78 is 34.4. The lowest BCUT2D eigenvalue weighted by molar-refractivity contribution is -0.122. The Kier molecular flexibility index (Phi) is 5.57. The molecule has 10 heteroatoms. The third kappa shape index (κ3) is 3.70. The van der Waals surface area contributed by atoms with Crippen LogP contribution >= 0.6 is 11.6 Å². The molecule has 0 saturated carbocycles. The maximum absolute atomic E-state index is 13.7. The van der Waals surface area contributed by atoms with Gasteiger partial charge in [0.1, 0.15) is 11.3 Å². The van der Waals surface area contributed by atoms with Gasteiger partial charge in [-0.05, 0) is 42.5 Å². The Balaban J connectivity index is 1.56. The molecule has 0 fully saturated rings. The van der Waals surface area contributed by atoms with Crippen LogP contribution in [0, 0.1) is 0 Å². The van der Waals surface area contributed by atoms with E-state index in [0.29, 0.717) is 50.2 Å². The number of anilines is 1. The average Bonchev–Trinajstić information content (AvgIpc) is 3.55. The van der Waals surface area contributed by atoms with Gasteiger partial charge in [-0.15, -0.1) is 0 Å². The summed E-state index contributed by atoms with van der Waals surface area (Å²) in [7, 11) is 2.95. The van der Waals surface area contributed by atoms with E-state index in [2.05, 4.69) is 5.32 Å². The Morgan fingerprint density at radius 2 is 1.76 bits per heavy atom. The van der Waals surface area contributed by atoms with Gasteiger partial charge in [-0.1, -0.05) is 23.7 Å². The smallest absolute Gasteiger partial charge is 0.344 e. The highest BCUT2D eigenvalue weighted by molar-refractivity contribution is 6.30. The second kappa shape index (κ2) is 8.94. The van der Waals surface area contributed by atoms with E-state index in [1.165, 1.54) is 14.2 Å². The lowest BCUT2D eigenvalue weighted by Gasteiger charge is -2.22. The van der Waals surface area contributed by atoms with Gasteiger partial charge in [-0.25, -0.2) is 4.79 Å². The minimum absolute atomic E-state index is 0.0312. The van der Waals surface area contributed by atoms with Crippen molar-refractivity contribution in [1.82, 2.24) is 0 Å². The van der Waals surface area contributed by atoms with Gasteiger partial charge in [-0.2, -0.15) is 0 Å². The number of amides is 1. The molecule has 188 valence electrons. The van der Waals surface area contributed by atoms with Crippen LogP contribution in [0.2, 0.25) is 5.02 Å². The molecule has 3 aromatic carbocycles. The van der Waals surface area contributed by atoms with Gasteiger partial charge in [0, 0.05) is 16.3 Å². The van der Waals surface area contributed by atoms with Crippen molar-refractivity contribution in [3.8, 4) is 28.7 Å². The average molecular weight is 522 g/mol. The van der Waals surface area contributed by atoms with Crippen molar-refractivity contribution in [3.05, 3.63) is 81.2 Å². The van der Waals surface area contributed by atoms with Crippen molar-refractivity contribution >= 4 is 34.2 Å². The normalized spacial score (nSPS) is 17.3. The number of hydrogen-bond donors (Lipinski definition) is 1. The molecular formula is C27H20ClNO8. The van der Waals surface area contributed by atoms with Gasteiger partial charge in [-0.3, -0.25) is 4.79 Å². The van der Waals surface area contributed by atoms with Crippen LogP contribution in [0.15, 0.2) is 63.8 Å². The fraction of sp³-hybridized carbons (Fsp3) is 0.185. The zero-order valence-electron chi connectivity index (χ0n) is 19.7. The highest BCUT2D eigenvalue weighted by Crippen LogP contribution is 2.55. The highest BCUT2D eigenvalue weighted by atomic mass is 35.5. The molecule has 3 heterocycles. The number of para-hydroxylation sites is 1. The molecule has 9 nitrogen and oxygen atoms in total. The fourth-order valence-electron chi connectivity index (χ4n) is 4.77. The third-order valence-electron chi connectivity index (χ3n) is 6.38. The van der Waals surface area contributed by atoms with Crippen LogP contribution in [-0.2, 0) is 4.79 Å². The zero-order chi connectivity index (χ0) is 25.7. The Morgan fingerprint density at radius 3 is 2.51 bits per heavy atom. The molecule has 1 N–H and O–H groups in total. The first-order valence-electron chi connectivity index (χ1n) is 11.3. The minimum Gasteiger partial charge on any atom is -0.493 e. The van der Waals surface area contributed by atoms with E-state index >= 15 is 0 Å². The van der Waals surface area contributed by atoms with Gasteiger partial charge in [0.25, 0.3) is 5.91 Å². The lowest BCUT2D eigenvalue weighted by atomic mass is 9.87. The first kappa shape index (κ1) is 23.1. The summed E-state index contributed by atoms with van der Waals surface area (Å²) in [5.74, 6) is 0.215. The molecule has 2 aliphatic heterocycles. The monoisotopic (exact) mass is 521 g/mol. The summed E-state index contributed by atoms with van der Waals surface area (Å²) in [6.07, 6.45) is -1.15. The molecule has 2 aliphatic rings. The summed E-state index contributed by atoms with van der Waals surface area (Å²) in [4.78, 5) is 27.0. The number of ether oxygens (including phenoxy) is 5. The Hall–Kier alpha value is -4.37. The molecule has 0 spiro atoms. The second-order valence-electron chi connectivity index (χ2n) is 8.41. The quantitative estimate of drug-likeness (QED) is 0.376. The van der Waals surface area contributed by atoms with Gasteiger partial charge in [0.05, 0.1) is 31.1 Å². The summed E-state index contributed by atoms with van der Waals surface area (Å²) in [6.45, 7) is -0.0312. The minimum atomic E-state index is -1.15. The number of fused-ring (bicyclic) bond motifs is 4. The molecule has 1 aromatic heterocycles. The standard InChI is InChI=1S/C27H20ClNO8/c1-32-18-11-16(22(33-2)25-23(18)34-12-35-25)19-20-21(15-5-3-4-6-17(15)36-27(20)31)37-24(19)26(30)29-14-9-7-13(28)8-10-14/h3-11,19,24H,12H2,1-2H3,(H,29,30)/t19-,24-/m1/s1. The lowest BCUT2D eigenvalue weighted by Crippen LogP contribution is -2.35. The molecule has 0 saturated heterocycles. The highest BCUT2D eigenvalue weighted by Gasteiger charge is 2.47. The molecular weight excluding hydrogens is 502 g/mol. The second-order valence-corrected chi connectivity index (χ2v) is 8.84. The fourth-order valence-corrected chi connectivity index (χ4v) is 4.90. The van der Waals surface area contributed by atoms with Crippen LogP contribution in [-0.4, -0.2) is 33.0 Å². The van der Waals surface area contributed by atoms with E-state index in [1.807, 2.05) is 0 Å². The number of hydrogen-bond acceptors (Lipinski definition) is 8. The largest absolute Gasteiger partial charge is 0.493 e. The van der Waals surface area contributed by atoms with E-state index in [9.17, 15) is 9.59 Å². The SMILES string of the molecule is COc1cc([C@@H]2c3c(c4ccccc4oc3=O)O[C@H]2C(=O)Nc2ccc(Cl)cc2)c(OC)c2c1OCO2. The molecule has 2 atom stereocenters. The molecule has 4 aromatic rings. The summed E-state index contributed by atoms with van der Waals surface area (Å²) in [6, 6.07) is 15.3. The van der Waals surface area contributed by atoms with E-state index < -0.39 is 23.6 Å². The summed E-state index contributed by atoms with van der Waals surface area (Å²) in [5, 5.41) is 3.94. The van der Waals surface area contributed by atoms with Crippen molar-refractivity contribution in [3.63, 3.8) is 0 Å². The van der Waals surface area contributed by atoms with Crippen LogP contribution in [0.3, 0.4) is 0 Å². The van der Waals surface area contributed by atoms with Gasteiger partial charge < -0.3 is 33.4 Å². The van der Waals surface area contributed by atoms with Crippen molar-refractivity contribution in [2.45, 2.75) is 12.0 Å². The van der Waals surface area contributed by atoms with Crippen LogP contribution in [0.5, 0.6) is 28.7 Å². The number of methoxy groups -OCH3 is 2. The molecule has 0 aliphatic carbocycles. The summed E-state index contributed by atoms with van der Waals surface area (Å²) >= 11 is 5.99. The van der Waals surface area contributed by atoms with Gasteiger partial charge in [0.2, 0.25) is 18.3 Å². The van der Waals surface area contributed by atoms with Crippen molar-refractivity contribution in [1.29, 1.82) is 0 Å². The number of rotatable bonds is 5. The molecule has 0 unspecified atom stereocenters. The van der Waals surface area contributed by atoms with E-state index in [0.717, 1.165) is 0 Å². The molecule has 6 rings (SSSR count). The zero-order valence-corrected chi connectivity index (χ0v) is 20.5. The first-order valence-corrected chi connectivity index (χ1v) is 11.7. The number of halogens is 1. The van der Waals surface area contributed by atoms with Crippen molar-refractivity contribution in [2.75, 3.05) is 26.3 Å². The van der Waals surface area contributed by atoms with Crippen LogP contribution in [0.1, 0.15) is 17.0 Å². The van der Waals surface area contributed by atoms with E-state index in [4.69, 9.17) is 39.7 Å². The maximum Gasteiger partial charge on any atom is 0.344 e. The van der Waals surface area contributed by atoms with Crippen molar-refractivity contribution < 1.29 is 32.9 Å². The van der Waals surface area contributed by atoms with Gasteiger partial charge >= 0.3 is 5.63 Å². The van der Waals surface area contributed by atoms with E-state index in [-0.39, 0.29) is 18.1 Å². The number of carbonyl (C=O) groups excluding carboxylic acids is 1. The van der Waals surface area contributed by atoms with Crippen LogP contribution < -0.4 is 34.6 Å². The predicted octanol–water partition coefficient (Wildman–Crippen LogP) is 4.72. The molecule has 1 amide bonds. The third-order valence-corrected chi connectivity index (χ3v) is 6.63. The Bertz CT molecular complexity index is 1600. The topological polar surface area (TPSA) is 105 Å². The number of benzene rings is 3. The molecule has 37 heavy (non-hydrogen) atoms. The Morgan fingerprint density at radius 1 is 1.00 bits per heavy atom. The van der Waals surface area contributed by atoms with E-state index in [1.54, 1.807) is 54.6 Å². The Labute approximate surface area is 215 Å². The molecule has 0 bridgehead atoms. The van der Waals surface area contributed by atoms with Crippen LogP contribution in [0.4, 0.5) is 5.69 Å². The summed E-state index contributed by atoms with van der Waals surface area (Å²) in [5.41, 5.74) is 0.869. The maximum atomic E-state index is 13.7. The van der Waals surface area contributed by atoms with Crippen LogP contribution in [0.25, 0.3) is 11.0 Å². The van der Waals surface area contributed by atoms with Gasteiger partial charge in [0.15, 0.2) is 17.6 Å². The first-order chi connectivity index (χ1) is 18.0. The van der Waals surface area contributed by atoms with Crippen molar-refractivity contribution in [2.24, 2.45) is 0 Å². The molecule has 0 radical (unpaired) electrons.